The molecule has 1 N–H and O–H groups in total. The van der Waals surface area contributed by atoms with Crippen LogP contribution in [0.15, 0.2) is 24.3 Å². The van der Waals surface area contributed by atoms with E-state index in [1.807, 2.05) is 0 Å². The summed E-state index contributed by atoms with van der Waals surface area (Å²) >= 11 is 5.89. The standard InChI is InChI=1S/C17H21ClN2O3/c1-17(2)13(12-7-8-23-14(12)17)20(3)16(22)15(21)19-11-6-4-5-10(18)9-11/h4-6,9,12-14H,7-8H2,1-3H3,(H,19,21). The molecule has 5 nitrogen and oxygen atoms in total. The topological polar surface area (TPSA) is 58.6 Å². The molecular weight excluding hydrogens is 316 g/mol. The lowest BCUT2D eigenvalue weighted by atomic mass is 9.57. The zero-order valence-corrected chi connectivity index (χ0v) is 14.3. The number of fused-ring (bicyclic) bond motifs is 1. The molecule has 1 aromatic rings. The van der Waals surface area contributed by atoms with Crippen LogP contribution in [-0.4, -0.2) is 42.5 Å². The van der Waals surface area contributed by atoms with Crippen molar-refractivity contribution in [2.24, 2.45) is 11.3 Å². The third-order valence-corrected chi connectivity index (χ3v) is 5.29. The highest BCUT2D eigenvalue weighted by atomic mass is 35.5. The van der Waals surface area contributed by atoms with Crippen molar-refractivity contribution < 1.29 is 14.3 Å². The van der Waals surface area contributed by atoms with Crippen molar-refractivity contribution in [1.29, 1.82) is 0 Å². The van der Waals surface area contributed by atoms with E-state index in [9.17, 15) is 9.59 Å². The SMILES string of the molecule is CN(C(=O)C(=O)Nc1cccc(Cl)c1)C1C2CCOC2C1(C)C. The van der Waals surface area contributed by atoms with E-state index in [4.69, 9.17) is 16.3 Å². The van der Waals surface area contributed by atoms with Gasteiger partial charge in [0.2, 0.25) is 0 Å². The third-order valence-electron chi connectivity index (χ3n) is 5.05. The summed E-state index contributed by atoms with van der Waals surface area (Å²) in [5.74, 6) is -0.862. The third kappa shape index (κ3) is 2.72. The number of nitrogens with one attached hydrogen (secondary N) is 1. The molecule has 3 unspecified atom stereocenters. The number of carbonyl (C=O) groups excluding carboxylic acids is 2. The van der Waals surface area contributed by atoms with Crippen LogP contribution >= 0.6 is 11.6 Å². The van der Waals surface area contributed by atoms with Gasteiger partial charge in [0.05, 0.1) is 6.10 Å². The highest BCUT2D eigenvalue weighted by molar-refractivity contribution is 6.39. The second kappa shape index (κ2) is 5.80. The summed E-state index contributed by atoms with van der Waals surface area (Å²) < 4.78 is 5.74. The molecule has 1 heterocycles. The zero-order chi connectivity index (χ0) is 16.8. The predicted molar refractivity (Wildman–Crippen MR) is 88.3 cm³/mol. The van der Waals surface area contributed by atoms with Gasteiger partial charge in [-0.1, -0.05) is 31.5 Å². The molecule has 2 fully saturated rings. The molecule has 1 saturated heterocycles. The predicted octanol–water partition coefficient (Wildman–Crippen LogP) is 2.55. The second-order valence-corrected chi connectivity index (χ2v) is 7.33. The first-order valence-corrected chi connectivity index (χ1v) is 8.15. The molecule has 6 heteroatoms. The molecular formula is C17H21ClN2O3. The van der Waals surface area contributed by atoms with E-state index in [1.165, 1.54) is 0 Å². The van der Waals surface area contributed by atoms with Crippen LogP contribution in [0.4, 0.5) is 5.69 Å². The molecule has 124 valence electrons. The fourth-order valence-electron chi connectivity index (χ4n) is 4.12. The molecule has 1 aliphatic heterocycles. The summed E-state index contributed by atoms with van der Waals surface area (Å²) in [5.41, 5.74) is 0.376. The largest absolute Gasteiger partial charge is 0.377 e. The van der Waals surface area contributed by atoms with Crippen molar-refractivity contribution >= 4 is 29.1 Å². The van der Waals surface area contributed by atoms with Crippen LogP contribution in [0.1, 0.15) is 20.3 Å². The summed E-state index contributed by atoms with van der Waals surface area (Å²) in [7, 11) is 1.70. The Morgan fingerprint density at radius 3 is 2.83 bits per heavy atom. The molecule has 0 radical (unpaired) electrons. The van der Waals surface area contributed by atoms with E-state index in [1.54, 1.807) is 36.2 Å². The van der Waals surface area contributed by atoms with Gasteiger partial charge in [-0.2, -0.15) is 0 Å². The van der Waals surface area contributed by atoms with Crippen LogP contribution in [0, 0.1) is 11.3 Å². The molecule has 1 aromatic carbocycles. The molecule has 1 aliphatic carbocycles. The second-order valence-electron chi connectivity index (χ2n) is 6.89. The van der Waals surface area contributed by atoms with Crippen LogP contribution in [0.3, 0.4) is 0 Å². The zero-order valence-electron chi connectivity index (χ0n) is 13.5. The number of anilines is 1. The first-order chi connectivity index (χ1) is 10.8. The van der Waals surface area contributed by atoms with E-state index >= 15 is 0 Å². The average Bonchev–Trinajstić information content (AvgIpc) is 2.92. The summed E-state index contributed by atoms with van der Waals surface area (Å²) in [4.78, 5) is 26.3. The Balaban J connectivity index is 1.69. The summed E-state index contributed by atoms with van der Waals surface area (Å²) in [6, 6.07) is 6.77. The molecule has 3 rings (SSSR count). The van der Waals surface area contributed by atoms with Crippen molar-refractivity contribution in [3.05, 3.63) is 29.3 Å². The van der Waals surface area contributed by atoms with Crippen molar-refractivity contribution in [2.75, 3.05) is 19.0 Å². The monoisotopic (exact) mass is 336 g/mol. The van der Waals surface area contributed by atoms with E-state index in [-0.39, 0.29) is 17.6 Å². The van der Waals surface area contributed by atoms with Crippen molar-refractivity contribution in [3.63, 3.8) is 0 Å². The lowest BCUT2D eigenvalue weighted by molar-refractivity contribution is -0.169. The molecule has 2 aliphatic rings. The van der Waals surface area contributed by atoms with Crippen LogP contribution in [0.2, 0.25) is 5.02 Å². The number of halogens is 1. The van der Waals surface area contributed by atoms with Gasteiger partial charge < -0.3 is 15.0 Å². The van der Waals surface area contributed by atoms with E-state index in [0.29, 0.717) is 16.6 Å². The van der Waals surface area contributed by atoms with Gasteiger partial charge >= 0.3 is 11.8 Å². The summed E-state index contributed by atoms with van der Waals surface area (Å²) in [5, 5.41) is 3.12. The lowest BCUT2D eigenvalue weighted by Gasteiger charge is -2.57. The van der Waals surface area contributed by atoms with Gasteiger partial charge in [0.1, 0.15) is 0 Å². The normalized spacial score (nSPS) is 27.7. The minimum absolute atomic E-state index is 0.0209. The van der Waals surface area contributed by atoms with Gasteiger partial charge in [-0.15, -0.1) is 0 Å². The Hall–Kier alpha value is -1.59. The van der Waals surface area contributed by atoms with E-state index < -0.39 is 11.8 Å². The maximum Gasteiger partial charge on any atom is 0.313 e. The molecule has 23 heavy (non-hydrogen) atoms. The van der Waals surface area contributed by atoms with E-state index in [0.717, 1.165) is 13.0 Å². The van der Waals surface area contributed by atoms with E-state index in [2.05, 4.69) is 19.2 Å². The Labute approximate surface area is 140 Å². The minimum atomic E-state index is -0.645. The van der Waals surface area contributed by atoms with Gasteiger partial charge in [0.25, 0.3) is 0 Å². The Morgan fingerprint density at radius 2 is 2.13 bits per heavy atom. The average molecular weight is 337 g/mol. The number of benzene rings is 1. The Morgan fingerprint density at radius 1 is 1.39 bits per heavy atom. The number of hydrogen-bond acceptors (Lipinski definition) is 3. The van der Waals surface area contributed by atoms with Crippen molar-refractivity contribution in [3.8, 4) is 0 Å². The first-order valence-electron chi connectivity index (χ1n) is 7.77. The molecule has 3 atom stereocenters. The number of nitrogens with zero attached hydrogens (tertiary/aromatic N) is 1. The maximum atomic E-state index is 12.5. The molecule has 1 saturated carbocycles. The molecule has 0 aromatic heterocycles. The Bertz CT molecular complexity index is 646. The maximum absolute atomic E-state index is 12.5. The van der Waals surface area contributed by atoms with Crippen LogP contribution in [0.25, 0.3) is 0 Å². The number of likely N-dealkylation sites (N-methyl/N-ethyl adjacent to an activating group) is 1. The van der Waals surface area contributed by atoms with Crippen LogP contribution in [0.5, 0.6) is 0 Å². The number of ether oxygens (including phenoxy) is 1. The van der Waals surface area contributed by atoms with Crippen LogP contribution < -0.4 is 5.32 Å². The lowest BCUT2D eigenvalue weighted by Crippen LogP contribution is -2.67. The van der Waals surface area contributed by atoms with Gasteiger partial charge in [0, 0.05) is 41.7 Å². The van der Waals surface area contributed by atoms with Gasteiger partial charge in [-0.05, 0) is 24.6 Å². The fraction of sp³-hybridized carbons (Fsp3) is 0.529. The number of carbonyl (C=O) groups is 2. The number of rotatable bonds is 2. The minimum Gasteiger partial charge on any atom is -0.377 e. The summed E-state index contributed by atoms with van der Waals surface area (Å²) in [6.07, 6.45) is 1.12. The van der Waals surface area contributed by atoms with Crippen molar-refractivity contribution in [1.82, 2.24) is 4.90 Å². The quantitative estimate of drug-likeness (QED) is 0.844. The fourth-order valence-corrected chi connectivity index (χ4v) is 4.31. The highest BCUT2D eigenvalue weighted by Crippen LogP contribution is 2.54. The molecule has 2 amide bonds. The highest BCUT2D eigenvalue weighted by Gasteiger charge is 2.61. The first kappa shape index (κ1) is 16.3. The molecule has 0 spiro atoms. The number of hydrogen-bond donors (Lipinski definition) is 1. The van der Waals surface area contributed by atoms with Crippen LogP contribution in [-0.2, 0) is 14.3 Å². The summed E-state index contributed by atoms with van der Waals surface area (Å²) in [6.45, 7) is 4.90. The Kier molecular flexibility index (Phi) is 4.10. The number of amides is 2. The molecule has 0 bridgehead atoms. The van der Waals surface area contributed by atoms with Gasteiger partial charge in [-0.25, -0.2) is 0 Å². The van der Waals surface area contributed by atoms with Crippen molar-refractivity contribution in [2.45, 2.75) is 32.4 Å². The smallest absolute Gasteiger partial charge is 0.313 e. The van der Waals surface area contributed by atoms with Gasteiger partial charge in [-0.3, -0.25) is 9.59 Å². The van der Waals surface area contributed by atoms with Gasteiger partial charge in [0.15, 0.2) is 0 Å².